The number of hydrogen-bond acceptors (Lipinski definition) is 2. The van der Waals surface area contributed by atoms with Crippen molar-refractivity contribution in [1.82, 2.24) is 9.47 Å². The number of urea groups is 1. The smallest absolute Gasteiger partial charge is 0.322 e. The maximum Gasteiger partial charge on any atom is 0.322 e. The summed E-state index contributed by atoms with van der Waals surface area (Å²) in [6.07, 6.45) is 1.92. The Bertz CT molecular complexity index is 1020. The molecule has 4 rings (SSSR count). The zero-order chi connectivity index (χ0) is 20.4. The van der Waals surface area contributed by atoms with E-state index >= 15 is 0 Å². The second-order valence-electron chi connectivity index (χ2n) is 6.78. The summed E-state index contributed by atoms with van der Waals surface area (Å²) in [5, 5.41) is 2.88. The van der Waals surface area contributed by atoms with E-state index in [2.05, 4.69) is 5.32 Å². The van der Waals surface area contributed by atoms with E-state index in [9.17, 15) is 13.6 Å². The second kappa shape index (κ2) is 7.95. The van der Waals surface area contributed by atoms with Crippen LogP contribution < -0.4 is 10.1 Å². The summed E-state index contributed by atoms with van der Waals surface area (Å²) in [7, 11) is 0. The summed E-state index contributed by atoms with van der Waals surface area (Å²) >= 11 is 0. The molecule has 0 saturated carbocycles. The molecule has 2 heterocycles. The van der Waals surface area contributed by atoms with Gasteiger partial charge in [0.15, 0.2) is 11.6 Å². The summed E-state index contributed by atoms with van der Waals surface area (Å²) in [5.74, 6) is -1.12. The number of aromatic nitrogens is 1. The Morgan fingerprint density at radius 3 is 2.62 bits per heavy atom. The standard InChI is InChI=1S/C22H21F2N3O2/c1-2-29-17-8-6-16(7-9-17)25-22(28)27-13-12-26-11-3-4-20(26)21(27)15-5-10-18(23)19(24)14-15/h3-11,14,21H,2,12-13H2,1H3,(H,25,28). The number of carbonyl (C=O) groups excluding carboxylic acids is 1. The van der Waals surface area contributed by atoms with Crippen LogP contribution in [-0.4, -0.2) is 28.6 Å². The molecule has 0 aliphatic carbocycles. The van der Waals surface area contributed by atoms with Crippen molar-refractivity contribution in [1.29, 1.82) is 0 Å². The van der Waals surface area contributed by atoms with Gasteiger partial charge in [-0.1, -0.05) is 6.07 Å². The summed E-state index contributed by atoms with van der Waals surface area (Å²) in [4.78, 5) is 14.7. The SMILES string of the molecule is CCOc1ccc(NC(=O)N2CCn3cccc3C2c2ccc(F)c(F)c2)cc1. The molecule has 1 aromatic heterocycles. The number of fused-ring (bicyclic) bond motifs is 1. The number of nitrogens with zero attached hydrogens (tertiary/aromatic N) is 2. The Morgan fingerprint density at radius 1 is 1.10 bits per heavy atom. The predicted octanol–water partition coefficient (Wildman–Crippen LogP) is 4.80. The van der Waals surface area contributed by atoms with Gasteiger partial charge in [-0.15, -0.1) is 0 Å². The van der Waals surface area contributed by atoms with E-state index in [1.54, 1.807) is 29.2 Å². The molecule has 3 aromatic rings. The van der Waals surface area contributed by atoms with E-state index in [0.717, 1.165) is 23.6 Å². The van der Waals surface area contributed by atoms with Gasteiger partial charge in [-0.3, -0.25) is 0 Å². The molecule has 1 unspecified atom stereocenters. The van der Waals surface area contributed by atoms with Gasteiger partial charge in [-0.2, -0.15) is 0 Å². The van der Waals surface area contributed by atoms with Crippen LogP contribution in [0, 0.1) is 11.6 Å². The van der Waals surface area contributed by atoms with Crippen LogP contribution in [0.2, 0.25) is 0 Å². The number of carbonyl (C=O) groups is 1. The highest BCUT2D eigenvalue weighted by atomic mass is 19.2. The Balaban J connectivity index is 1.62. The van der Waals surface area contributed by atoms with Gasteiger partial charge in [0.05, 0.1) is 12.6 Å². The van der Waals surface area contributed by atoms with E-state index in [0.29, 0.717) is 30.9 Å². The molecule has 0 bridgehead atoms. The van der Waals surface area contributed by atoms with Crippen LogP contribution in [0.4, 0.5) is 19.3 Å². The van der Waals surface area contributed by atoms with Gasteiger partial charge in [-0.25, -0.2) is 13.6 Å². The van der Waals surface area contributed by atoms with Gasteiger partial charge in [0.2, 0.25) is 0 Å². The molecule has 0 radical (unpaired) electrons. The number of amides is 2. The first-order chi connectivity index (χ1) is 14.1. The zero-order valence-corrected chi connectivity index (χ0v) is 15.9. The Labute approximate surface area is 167 Å². The highest BCUT2D eigenvalue weighted by Crippen LogP contribution is 2.33. The summed E-state index contributed by atoms with van der Waals surface area (Å²) in [6.45, 7) is 3.53. The first kappa shape index (κ1) is 19.0. The number of nitrogens with one attached hydrogen (secondary N) is 1. The van der Waals surface area contributed by atoms with Crippen LogP contribution in [0.15, 0.2) is 60.8 Å². The highest BCUT2D eigenvalue weighted by Gasteiger charge is 2.32. The van der Waals surface area contributed by atoms with E-state index in [-0.39, 0.29) is 6.03 Å². The van der Waals surface area contributed by atoms with Gasteiger partial charge in [-0.05, 0) is 61.0 Å². The lowest BCUT2D eigenvalue weighted by atomic mass is 10.00. The second-order valence-corrected chi connectivity index (χ2v) is 6.78. The predicted molar refractivity (Wildman–Crippen MR) is 106 cm³/mol. The lowest BCUT2D eigenvalue weighted by Gasteiger charge is -2.37. The van der Waals surface area contributed by atoms with Crippen molar-refractivity contribution >= 4 is 11.7 Å². The number of rotatable bonds is 4. The van der Waals surface area contributed by atoms with Crippen LogP contribution in [0.3, 0.4) is 0 Å². The fourth-order valence-electron chi connectivity index (χ4n) is 3.63. The van der Waals surface area contributed by atoms with Crippen molar-refractivity contribution in [2.45, 2.75) is 19.5 Å². The van der Waals surface area contributed by atoms with Crippen LogP contribution in [-0.2, 0) is 6.54 Å². The molecule has 2 aromatic carbocycles. The fourth-order valence-corrected chi connectivity index (χ4v) is 3.63. The van der Waals surface area contributed by atoms with Gasteiger partial charge < -0.3 is 19.5 Å². The topological polar surface area (TPSA) is 46.5 Å². The van der Waals surface area contributed by atoms with Crippen molar-refractivity contribution < 1.29 is 18.3 Å². The molecule has 0 saturated heterocycles. The fraction of sp³-hybridized carbons (Fsp3) is 0.227. The van der Waals surface area contributed by atoms with E-state index in [1.807, 2.05) is 29.8 Å². The van der Waals surface area contributed by atoms with Crippen molar-refractivity contribution in [2.24, 2.45) is 0 Å². The molecule has 1 atom stereocenters. The van der Waals surface area contributed by atoms with Crippen molar-refractivity contribution in [3.63, 3.8) is 0 Å². The first-order valence-corrected chi connectivity index (χ1v) is 9.47. The lowest BCUT2D eigenvalue weighted by Crippen LogP contribution is -2.44. The molecule has 0 spiro atoms. The molecule has 150 valence electrons. The molecule has 1 aliphatic heterocycles. The quantitative estimate of drug-likeness (QED) is 0.687. The van der Waals surface area contributed by atoms with Crippen molar-refractivity contribution in [2.75, 3.05) is 18.5 Å². The molecule has 29 heavy (non-hydrogen) atoms. The maximum absolute atomic E-state index is 13.9. The molecule has 2 amide bonds. The average Bonchev–Trinajstić information content (AvgIpc) is 3.20. The maximum atomic E-state index is 13.9. The minimum absolute atomic E-state index is 0.309. The number of anilines is 1. The Morgan fingerprint density at radius 2 is 1.90 bits per heavy atom. The van der Waals surface area contributed by atoms with Crippen molar-refractivity contribution in [3.05, 3.63) is 83.7 Å². The minimum atomic E-state index is -0.932. The number of halogens is 2. The molecule has 1 aliphatic rings. The van der Waals surface area contributed by atoms with Crippen molar-refractivity contribution in [3.8, 4) is 5.75 Å². The molecule has 1 N–H and O–H groups in total. The lowest BCUT2D eigenvalue weighted by molar-refractivity contribution is 0.181. The summed E-state index contributed by atoms with van der Waals surface area (Å²) in [6, 6.07) is 13.8. The Kier molecular flexibility index (Phi) is 5.20. The molecule has 7 heteroatoms. The zero-order valence-electron chi connectivity index (χ0n) is 15.9. The summed E-state index contributed by atoms with van der Waals surface area (Å²) in [5.41, 5.74) is 2.00. The normalized spacial score (nSPS) is 15.7. The Hall–Kier alpha value is -3.35. The van der Waals surface area contributed by atoms with Crippen LogP contribution in [0.1, 0.15) is 24.2 Å². The van der Waals surface area contributed by atoms with Crippen LogP contribution >= 0.6 is 0 Å². The minimum Gasteiger partial charge on any atom is -0.494 e. The van der Waals surface area contributed by atoms with Gasteiger partial charge in [0.25, 0.3) is 0 Å². The first-order valence-electron chi connectivity index (χ1n) is 9.47. The largest absolute Gasteiger partial charge is 0.494 e. The van der Waals surface area contributed by atoms with Gasteiger partial charge in [0.1, 0.15) is 5.75 Å². The molecular weight excluding hydrogens is 376 g/mol. The molecular formula is C22H21F2N3O2. The van der Waals surface area contributed by atoms with E-state index in [1.165, 1.54) is 6.07 Å². The van der Waals surface area contributed by atoms with Crippen LogP contribution in [0.5, 0.6) is 5.75 Å². The van der Waals surface area contributed by atoms with Crippen LogP contribution in [0.25, 0.3) is 0 Å². The number of hydrogen-bond donors (Lipinski definition) is 1. The van der Waals surface area contributed by atoms with E-state index < -0.39 is 17.7 Å². The monoisotopic (exact) mass is 397 g/mol. The van der Waals surface area contributed by atoms with Gasteiger partial charge >= 0.3 is 6.03 Å². The average molecular weight is 397 g/mol. The summed E-state index contributed by atoms with van der Waals surface area (Å²) < 4.78 is 34.8. The third-order valence-electron chi connectivity index (χ3n) is 4.98. The molecule has 0 fully saturated rings. The number of benzene rings is 2. The van der Waals surface area contributed by atoms with E-state index in [4.69, 9.17) is 4.74 Å². The highest BCUT2D eigenvalue weighted by molar-refractivity contribution is 5.90. The van der Waals surface area contributed by atoms with Gasteiger partial charge in [0, 0.05) is 30.7 Å². The molecule has 5 nitrogen and oxygen atoms in total. The third-order valence-corrected chi connectivity index (χ3v) is 4.98. The number of ether oxygens (including phenoxy) is 1. The third kappa shape index (κ3) is 3.81.